The van der Waals surface area contributed by atoms with Crippen molar-refractivity contribution < 1.29 is 31.5 Å². The van der Waals surface area contributed by atoms with E-state index in [2.05, 4.69) is 10.0 Å². The van der Waals surface area contributed by atoms with Crippen LogP contribution in [0.3, 0.4) is 0 Å². The Morgan fingerprint density at radius 1 is 1.07 bits per heavy atom. The summed E-state index contributed by atoms with van der Waals surface area (Å²) in [5, 5.41) is 2.14. The molecule has 2 aromatic rings. The van der Waals surface area contributed by atoms with Crippen molar-refractivity contribution in [3.05, 3.63) is 60.2 Å². The van der Waals surface area contributed by atoms with Crippen LogP contribution in [-0.4, -0.2) is 32.9 Å². The van der Waals surface area contributed by atoms with Crippen molar-refractivity contribution >= 4 is 27.6 Å². The first-order valence-electron chi connectivity index (χ1n) is 8.59. The van der Waals surface area contributed by atoms with Crippen LogP contribution in [0.25, 0.3) is 0 Å². The summed E-state index contributed by atoms with van der Waals surface area (Å²) < 4.78 is 58.4. The van der Waals surface area contributed by atoms with E-state index in [4.69, 9.17) is 4.74 Å². The van der Waals surface area contributed by atoms with Gasteiger partial charge in [-0.1, -0.05) is 32.0 Å². The van der Waals surface area contributed by atoms with E-state index in [9.17, 15) is 26.8 Å². The van der Waals surface area contributed by atoms with E-state index in [0.29, 0.717) is 6.07 Å². The van der Waals surface area contributed by atoms with E-state index in [0.717, 1.165) is 12.1 Å². The van der Waals surface area contributed by atoms with Crippen molar-refractivity contribution in [1.82, 2.24) is 4.72 Å². The number of amides is 1. The third-order valence-electron chi connectivity index (χ3n) is 3.81. The molecule has 0 saturated carbocycles. The van der Waals surface area contributed by atoms with E-state index < -0.39 is 52.1 Å². The van der Waals surface area contributed by atoms with Gasteiger partial charge in [-0.05, 0) is 30.2 Å². The van der Waals surface area contributed by atoms with E-state index in [1.165, 1.54) is 24.3 Å². The molecule has 1 atom stereocenters. The van der Waals surface area contributed by atoms with Crippen LogP contribution in [0.15, 0.2) is 53.4 Å². The topological polar surface area (TPSA) is 102 Å². The molecule has 7 nitrogen and oxygen atoms in total. The minimum Gasteiger partial charge on any atom is -0.454 e. The lowest BCUT2D eigenvalue weighted by Gasteiger charge is -2.20. The van der Waals surface area contributed by atoms with Crippen molar-refractivity contribution in [1.29, 1.82) is 0 Å². The Morgan fingerprint density at radius 2 is 1.72 bits per heavy atom. The molecule has 29 heavy (non-hydrogen) atoms. The maximum atomic E-state index is 13.6. The number of halogens is 2. The van der Waals surface area contributed by atoms with Gasteiger partial charge in [0.15, 0.2) is 6.61 Å². The average Bonchev–Trinajstić information content (AvgIpc) is 2.67. The second-order valence-corrected chi connectivity index (χ2v) is 8.15. The molecule has 0 unspecified atom stereocenters. The molecule has 0 fully saturated rings. The smallest absolute Gasteiger partial charge is 0.324 e. The number of hydrogen-bond acceptors (Lipinski definition) is 5. The van der Waals surface area contributed by atoms with Gasteiger partial charge in [0.25, 0.3) is 5.91 Å². The van der Waals surface area contributed by atoms with Crippen LogP contribution in [0.4, 0.5) is 14.5 Å². The Kier molecular flexibility index (Phi) is 7.40. The first kappa shape index (κ1) is 22.4. The van der Waals surface area contributed by atoms with Gasteiger partial charge >= 0.3 is 5.97 Å². The zero-order chi connectivity index (χ0) is 21.6. The molecule has 0 bridgehead atoms. The fraction of sp³-hybridized carbons (Fsp3) is 0.263. The molecule has 0 radical (unpaired) electrons. The molecular formula is C19H20F2N2O5S. The van der Waals surface area contributed by atoms with Crippen LogP contribution in [0.5, 0.6) is 0 Å². The first-order chi connectivity index (χ1) is 13.6. The maximum absolute atomic E-state index is 13.6. The molecule has 0 spiro atoms. The molecular weight excluding hydrogens is 406 g/mol. The monoisotopic (exact) mass is 426 g/mol. The maximum Gasteiger partial charge on any atom is 0.324 e. The first-order valence-corrected chi connectivity index (χ1v) is 10.1. The Hall–Kier alpha value is -2.85. The number of hydrogen-bond donors (Lipinski definition) is 2. The van der Waals surface area contributed by atoms with Gasteiger partial charge < -0.3 is 10.1 Å². The van der Waals surface area contributed by atoms with Crippen LogP contribution < -0.4 is 10.0 Å². The van der Waals surface area contributed by atoms with E-state index in [1.807, 2.05) is 0 Å². The Morgan fingerprint density at radius 3 is 2.31 bits per heavy atom. The Balaban J connectivity index is 1.99. The van der Waals surface area contributed by atoms with Crippen molar-refractivity contribution in [3.8, 4) is 0 Å². The molecule has 0 aliphatic heterocycles. The van der Waals surface area contributed by atoms with Gasteiger partial charge in [0.05, 0.1) is 10.6 Å². The number of anilines is 1. The lowest BCUT2D eigenvalue weighted by Crippen LogP contribution is -2.45. The fourth-order valence-corrected chi connectivity index (χ4v) is 3.65. The number of sulfonamides is 1. The summed E-state index contributed by atoms with van der Waals surface area (Å²) >= 11 is 0. The summed E-state index contributed by atoms with van der Waals surface area (Å²) in [5.74, 6) is -4.09. The third kappa shape index (κ3) is 6.33. The van der Waals surface area contributed by atoms with Crippen molar-refractivity contribution in [2.75, 3.05) is 11.9 Å². The molecule has 10 heteroatoms. The quantitative estimate of drug-likeness (QED) is 0.632. The zero-order valence-electron chi connectivity index (χ0n) is 15.7. The van der Waals surface area contributed by atoms with Gasteiger partial charge in [-0.2, -0.15) is 4.72 Å². The standard InChI is InChI=1S/C19H20F2N2O5S/c1-12(2)18(23-29(26,27)14-6-4-3-5-7-14)19(25)28-11-17(24)22-16-9-8-13(20)10-15(16)21/h3-10,12,18,23H,11H2,1-2H3,(H,22,24)/t18-/m1/s1. The molecule has 1 amide bonds. The molecule has 0 aliphatic rings. The lowest BCUT2D eigenvalue weighted by atomic mass is 10.1. The van der Waals surface area contributed by atoms with Crippen LogP contribution in [0, 0.1) is 17.6 Å². The Bertz CT molecular complexity index is 981. The zero-order valence-corrected chi connectivity index (χ0v) is 16.5. The second-order valence-electron chi connectivity index (χ2n) is 6.44. The van der Waals surface area contributed by atoms with Gasteiger partial charge in [0.2, 0.25) is 10.0 Å². The van der Waals surface area contributed by atoms with Crippen LogP contribution in [0.2, 0.25) is 0 Å². The molecule has 0 saturated heterocycles. The highest BCUT2D eigenvalue weighted by atomic mass is 32.2. The third-order valence-corrected chi connectivity index (χ3v) is 5.26. The molecule has 156 valence electrons. The van der Waals surface area contributed by atoms with Crippen LogP contribution in [-0.2, 0) is 24.3 Å². The predicted molar refractivity (Wildman–Crippen MR) is 101 cm³/mol. The van der Waals surface area contributed by atoms with Gasteiger partial charge in [-0.25, -0.2) is 17.2 Å². The summed E-state index contributed by atoms with van der Waals surface area (Å²) in [7, 11) is -3.98. The second kappa shape index (κ2) is 9.57. The van der Waals surface area contributed by atoms with E-state index >= 15 is 0 Å². The highest BCUT2D eigenvalue weighted by Gasteiger charge is 2.30. The van der Waals surface area contributed by atoms with Crippen LogP contribution in [0.1, 0.15) is 13.8 Å². The summed E-state index contributed by atoms with van der Waals surface area (Å²) in [6.45, 7) is 2.44. The van der Waals surface area contributed by atoms with E-state index in [-0.39, 0.29) is 10.6 Å². The largest absolute Gasteiger partial charge is 0.454 e. The number of esters is 1. The summed E-state index contributed by atoms with van der Waals surface area (Å²) in [6, 6.07) is 8.80. The molecule has 2 rings (SSSR count). The number of benzene rings is 2. The van der Waals surface area contributed by atoms with Crippen molar-refractivity contribution in [2.45, 2.75) is 24.8 Å². The van der Waals surface area contributed by atoms with E-state index in [1.54, 1.807) is 19.9 Å². The average molecular weight is 426 g/mol. The van der Waals surface area contributed by atoms with Gasteiger partial charge in [0.1, 0.15) is 17.7 Å². The Labute approximate surface area is 167 Å². The van der Waals surface area contributed by atoms with Gasteiger partial charge in [-0.3, -0.25) is 9.59 Å². The highest BCUT2D eigenvalue weighted by Crippen LogP contribution is 2.15. The molecule has 0 aliphatic carbocycles. The lowest BCUT2D eigenvalue weighted by molar-refractivity contribution is -0.150. The molecule has 2 N–H and O–H groups in total. The minimum absolute atomic E-state index is 0.0250. The van der Waals surface area contributed by atoms with Gasteiger partial charge in [-0.15, -0.1) is 0 Å². The fourth-order valence-electron chi connectivity index (χ4n) is 2.29. The normalized spacial score (nSPS) is 12.4. The number of nitrogens with one attached hydrogen (secondary N) is 2. The van der Waals surface area contributed by atoms with Gasteiger partial charge in [0, 0.05) is 6.07 Å². The summed E-state index contributed by atoms with van der Waals surface area (Å²) in [5.41, 5.74) is -0.280. The predicted octanol–water partition coefficient (Wildman–Crippen LogP) is 2.45. The highest BCUT2D eigenvalue weighted by molar-refractivity contribution is 7.89. The summed E-state index contributed by atoms with van der Waals surface area (Å²) in [4.78, 5) is 24.2. The van der Waals surface area contributed by atoms with Crippen LogP contribution >= 0.6 is 0 Å². The van der Waals surface area contributed by atoms with Crippen molar-refractivity contribution in [3.63, 3.8) is 0 Å². The number of ether oxygens (including phenoxy) is 1. The number of carbonyl (C=O) groups is 2. The van der Waals surface area contributed by atoms with Crippen molar-refractivity contribution in [2.24, 2.45) is 5.92 Å². The SMILES string of the molecule is CC(C)[C@@H](NS(=O)(=O)c1ccccc1)C(=O)OCC(=O)Nc1ccc(F)cc1F. The molecule has 2 aromatic carbocycles. The summed E-state index contributed by atoms with van der Waals surface area (Å²) in [6.07, 6.45) is 0. The molecule has 0 aromatic heterocycles. The molecule has 0 heterocycles. The number of rotatable bonds is 8. The minimum atomic E-state index is -3.98. The number of carbonyl (C=O) groups excluding carboxylic acids is 2.